The number of nitro groups is 1. The molecule has 17 heavy (non-hydrogen) atoms. The molecule has 7 heteroatoms. The van der Waals surface area contributed by atoms with Gasteiger partial charge in [0.05, 0.1) is 0 Å². The summed E-state index contributed by atoms with van der Waals surface area (Å²) >= 11 is 0. The first kappa shape index (κ1) is 12.0. The lowest BCUT2D eigenvalue weighted by molar-refractivity contribution is -0.392. The van der Waals surface area contributed by atoms with Crippen LogP contribution in [0.15, 0.2) is 6.20 Å². The third-order valence-electron chi connectivity index (χ3n) is 3.07. The number of nitrogens with zero attached hydrogens (tertiary/aromatic N) is 4. The molecule has 0 unspecified atom stereocenters. The van der Waals surface area contributed by atoms with Crippen LogP contribution in [-0.2, 0) is 6.54 Å². The van der Waals surface area contributed by atoms with Gasteiger partial charge in [0.2, 0.25) is 0 Å². The van der Waals surface area contributed by atoms with Gasteiger partial charge in [-0.25, -0.2) is 9.55 Å². The highest BCUT2D eigenvalue weighted by molar-refractivity contribution is 5.18. The van der Waals surface area contributed by atoms with Gasteiger partial charge >= 0.3 is 5.82 Å². The minimum Gasteiger partial charge on any atom is -0.358 e. The molecule has 1 aliphatic heterocycles. The number of hydrogen-bond acceptors (Lipinski definition) is 5. The molecule has 1 aromatic rings. The molecule has 7 nitrogen and oxygen atoms in total. The number of aryl methyl sites for hydroxylation is 1. The van der Waals surface area contributed by atoms with Crippen molar-refractivity contribution in [1.82, 2.24) is 19.8 Å². The topological polar surface area (TPSA) is 76.2 Å². The monoisotopic (exact) mass is 239 g/mol. The van der Waals surface area contributed by atoms with E-state index in [1.54, 1.807) is 11.5 Å². The van der Waals surface area contributed by atoms with E-state index in [4.69, 9.17) is 0 Å². The lowest BCUT2D eigenvalue weighted by Crippen LogP contribution is -2.44. The van der Waals surface area contributed by atoms with Gasteiger partial charge < -0.3 is 15.4 Å². The van der Waals surface area contributed by atoms with Crippen LogP contribution in [0.5, 0.6) is 0 Å². The summed E-state index contributed by atoms with van der Waals surface area (Å²) in [6, 6.07) is 0. The second-order valence-corrected chi connectivity index (χ2v) is 4.16. The molecular formula is C10H17N5O2. The fourth-order valence-corrected chi connectivity index (χ4v) is 2.05. The first-order chi connectivity index (χ1) is 8.18. The van der Waals surface area contributed by atoms with Crippen LogP contribution < -0.4 is 5.32 Å². The Bertz CT molecular complexity index is 397. The van der Waals surface area contributed by atoms with Crippen LogP contribution in [0.25, 0.3) is 0 Å². The highest BCUT2D eigenvalue weighted by atomic mass is 16.6. The van der Waals surface area contributed by atoms with Crippen molar-refractivity contribution in [2.75, 3.05) is 32.7 Å². The number of hydrogen-bond donors (Lipinski definition) is 1. The Balaban J connectivity index is 1.97. The zero-order chi connectivity index (χ0) is 12.3. The standard InChI is InChI=1S/C10H17N5O2/c1-9-12-8-10(15(16)17)14(9)7-6-13-4-2-11-3-5-13/h8,11H,2-7H2,1H3. The van der Waals surface area contributed by atoms with Gasteiger partial charge in [0.15, 0.2) is 5.82 Å². The van der Waals surface area contributed by atoms with E-state index >= 15 is 0 Å². The van der Waals surface area contributed by atoms with Gasteiger partial charge in [0.25, 0.3) is 0 Å². The zero-order valence-electron chi connectivity index (χ0n) is 9.93. The number of rotatable bonds is 4. The normalized spacial score (nSPS) is 17.2. The first-order valence-corrected chi connectivity index (χ1v) is 5.78. The minimum absolute atomic E-state index is 0.0811. The lowest BCUT2D eigenvalue weighted by Gasteiger charge is -2.26. The molecule has 1 saturated heterocycles. The van der Waals surface area contributed by atoms with Crippen molar-refractivity contribution in [1.29, 1.82) is 0 Å². The van der Waals surface area contributed by atoms with E-state index in [0.717, 1.165) is 32.7 Å². The molecule has 1 fully saturated rings. The van der Waals surface area contributed by atoms with Gasteiger partial charge in [-0.1, -0.05) is 0 Å². The average molecular weight is 239 g/mol. The highest BCUT2D eigenvalue weighted by Crippen LogP contribution is 2.13. The molecule has 0 bridgehead atoms. The Morgan fingerprint density at radius 1 is 1.47 bits per heavy atom. The summed E-state index contributed by atoms with van der Waals surface area (Å²) in [6.45, 7) is 7.24. The Hall–Kier alpha value is -1.47. The van der Waals surface area contributed by atoms with Crippen LogP contribution in [0, 0.1) is 17.0 Å². The van der Waals surface area contributed by atoms with Gasteiger partial charge in [0.1, 0.15) is 12.7 Å². The van der Waals surface area contributed by atoms with E-state index in [1.165, 1.54) is 6.20 Å². The van der Waals surface area contributed by atoms with Gasteiger partial charge in [-0.3, -0.25) is 4.90 Å². The Kier molecular flexibility index (Phi) is 3.70. The van der Waals surface area contributed by atoms with Crippen LogP contribution >= 0.6 is 0 Å². The van der Waals surface area contributed by atoms with Gasteiger partial charge in [-0.2, -0.15) is 0 Å². The van der Waals surface area contributed by atoms with E-state index in [9.17, 15) is 10.1 Å². The van der Waals surface area contributed by atoms with Crippen molar-refractivity contribution in [3.05, 3.63) is 22.1 Å². The van der Waals surface area contributed by atoms with E-state index < -0.39 is 0 Å². The molecule has 0 atom stereocenters. The number of imidazole rings is 1. The minimum atomic E-state index is -0.377. The van der Waals surface area contributed by atoms with Crippen LogP contribution in [0.2, 0.25) is 0 Å². The maximum absolute atomic E-state index is 10.8. The summed E-state index contributed by atoms with van der Waals surface area (Å²) in [5.74, 6) is 0.782. The van der Waals surface area contributed by atoms with E-state index in [-0.39, 0.29) is 10.7 Å². The number of piperazine rings is 1. The molecule has 0 spiro atoms. The summed E-state index contributed by atoms with van der Waals surface area (Å²) < 4.78 is 1.67. The van der Waals surface area contributed by atoms with Gasteiger partial charge in [-0.15, -0.1) is 0 Å². The van der Waals surface area contributed by atoms with Gasteiger partial charge in [-0.05, 0) is 4.92 Å². The maximum atomic E-state index is 10.8. The average Bonchev–Trinajstić information content (AvgIpc) is 2.69. The molecule has 94 valence electrons. The molecule has 0 saturated carbocycles. The van der Waals surface area contributed by atoms with Crippen molar-refractivity contribution >= 4 is 5.82 Å². The summed E-state index contributed by atoms with van der Waals surface area (Å²) in [7, 11) is 0. The van der Waals surface area contributed by atoms with E-state index in [2.05, 4.69) is 15.2 Å². The Morgan fingerprint density at radius 3 is 2.82 bits per heavy atom. The van der Waals surface area contributed by atoms with Crippen LogP contribution in [-0.4, -0.2) is 52.1 Å². The molecule has 0 aromatic carbocycles. The highest BCUT2D eigenvalue weighted by Gasteiger charge is 2.18. The van der Waals surface area contributed by atoms with Crippen molar-refractivity contribution in [3.8, 4) is 0 Å². The number of nitrogens with one attached hydrogen (secondary N) is 1. The summed E-state index contributed by atoms with van der Waals surface area (Å²) in [6.07, 6.45) is 1.33. The Morgan fingerprint density at radius 2 is 2.18 bits per heavy atom. The quantitative estimate of drug-likeness (QED) is 0.591. The molecule has 0 amide bonds. The molecule has 2 rings (SSSR count). The Labute approximate surface area is 99.6 Å². The maximum Gasteiger partial charge on any atom is 0.342 e. The first-order valence-electron chi connectivity index (χ1n) is 5.78. The second kappa shape index (κ2) is 5.24. The third kappa shape index (κ3) is 2.80. The predicted molar refractivity (Wildman–Crippen MR) is 62.9 cm³/mol. The van der Waals surface area contributed by atoms with E-state index in [0.29, 0.717) is 12.4 Å². The third-order valence-corrected chi connectivity index (χ3v) is 3.07. The molecule has 1 aromatic heterocycles. The van der Waals surface area contributed by atoms with Crippen molar-refractivity contribution < 1.29 is 4.92 Å². The van der Waals surface area contributed by atoms with Crippen LogP contribution in [0.3, 0.4) is 0 Å². The molecule has 2 heterocycles. The molecule has 0 radical (unpaired) electrons. The summed E-state index contributed by atoms with van der Waals surface area (Å²) in [4.78, 5) is 16.7. The molecule has 1 N–H and O–H groups in total. The number of aromatic nitrogens is 2. The summed E-state index contributed by atoms with van der Waals surface area (Å²) in [5.41, 5.74) is 0. The van der Waals surface area contributed by atoms with Crippen molar-refractivity contribution in [3.63, 3.8) is 0 Å². The lowest BCUT2D eigenvalue weighted by atomic mass is 10.3. The van der Waals surface area contributed by atoms with Crippen LogP contribution in [0.4, 0.5) is 5.82 Å². The second-order valence-electron chi connectivity index (χ2n) is 4.16. The van der Waals surface area contributed by atoms with Gasteiger partial charge in [0, 0.05) is 39.6 Å². The molecule has 1 aliphatic rings. The zero-order valence-corrected chi connectivity index (χ0v) is 9.93. The molecule has 0 aliphatic carbocycles. The summed E-state index contributed by atoms with van der Waals surface area (Å²) in [5, 5.41) is 14.1. The SMILES string of the molecule is Cc1ncc([N+](=O)[O-])n1CCN1CCNCC1. The van der Waals surface area contributed by atoms with Crippen molar-refractivity contribution in [2.45, 2.75) is 13.5 Å². The molecular weight excluding hydrogens is 222 g/mol. The van der Waals surface area contributed by atoms with Crippen LogP contribution in [0.1, 0.15) is 5.82 Å². The van der Waals surface area contributed by atoms with E-state index in [1.807, 2.05) is 0 Å². The van der Waals surface area contributed by atoms with Crippen molar-refractivity contribution in [2.24, 2.45) is 0 Å². The predicted octanol–water partition coefficient (Wildman–Crippen LogP) is 0.00492. The smallest absolute Gasteiger partial charge is 0.342 e. The largest absolute Gasteiger partial charge is 0.358 e. The fourth-order valence-electron chi connectivity index (χ4n) is 2.05. The fraction of sp³-hybridized carbons (Fsp3) is 0.700.